The fourth-order valence-electron chi connectivity index (χ4n) is 2.55. The summed E-state index contributed by atoms with van der Waals surface area (Å²) in [6, 6.07) is 6.06. The monoisotopic (exact) mass is 456 g/mol. The molecule has 1 aliphatic rings. The summed E-state index contributed by atoms with van der Waals surface area (Å²) < 4.78 is 12.4. The van der Waals surface area contributed by atoms with Crippen molar-refractivity contribution in [3.8, 4) is 0 Å². The third kappa shape index (κ3) is 5.91. The van der Waals surface area contributed by atoms with Crippen molar-refractivity contribution >= 4 is 41.9 Å². The molecule has 0 amide bonds. The zero-order valence-corrected chi connectivity index (χ0v) is 20.8. The molecule has 1 heterocycles. The van der Waals surface area contributed by atoms with Gasteiger partial charge in [-0.25, -0.2) is 9.38 Å². The lowest BCUT2D eigenvalue weighted by Crippen LogP contribution is -2.48. The molecule has 1 aromatic rings. The van der Waals surface area contributed by atoms with Crippen LogP contribution in [0.2, 0.25) is 18.1 Å². The van der Waals surface area contributed by atoms with E-state index in [1.165, 1.54) is 0 Å². The summed E-state index contributed by atoms with van der Waals surface area (Å²) in [7, 11) is -1.71. The number of pyridine rings is 1. The van der Waals surface area contributed by atoms with Gasteiger partial charge in [0.15, 0.2) is 8.32 Å². The highest BCUT2D eigenvalue weighted by atomic mass is 79.9. The first-order valence-electron chi connectivity index (χ1n) is 9.35. The first-order valence-corrected chi connectivity index (χ1v) is 13.8. The summed E-state index contributed by atoms with van der Waals surface area (Å²) in [5.74, 6) is 0.432. The van der Waals surface area contributed by atoms with E-state index in [4.69, 9.17) is 8.82 Å². The zero-order chi connectivity index (χ0) is 19.8. The van der Waals surface area contributed by atoms with Gasteiger partial charge in [0.05, 0.1) is 11.4 Å². The van der Waals surface area contributed by atoms with Crippen molar-refractivity contribution in [3.63, 3.8) is 0 Å². The molecule has 26 heavy (non-hydrogen) atoms. The van der Waals surface area contributed by atoms with Crippen molar-refractivity contribution in [2.24, 2.45) is 10.3 Å². The zero-order valence-electron chi connectivity index (χ0n) is 17.4. The fourth-order valence-corrected chi connectivity index (χ4v) is 4.88. The number of halogens is 1. The maximum Gasteiger partial charge on any atom is 0.192 e. The van der Waals surface area contributed by atoms with Crippen LogP contribution in [0, 0.1) is 5.92 Å². The van der Waals surface area contributed by atoms with Crippen LogP contribution in [-0.4, -0.2) is 29.9 Å². The highest BCUT2D eigenvalue weighted by molar-refractivity contribution is 9.10. The van der Waals surface area contributed by atoms with Gasteiger partial charge in [-0.15, -0.1) is 0 Å². The van der Waals surface area contributed by atoms with Crippen molar-refractivity contribution in [1.82, 2.24) is 4.98 Å². The normalized spacial score (nSPS) is 22.3. The summed E-state index contributed by atoms with van der Waals surface area (Å²) in [6.45, 7) is 18.1. The van der Waals surface area contributed by atoms with Gasteiger partial charge < -0.3 is 4.43 Å². The third-order valence-electron chi connectivity index (χ3n) is 5.14. The molecule has 1 aliphatic carbocycles. The molecular formula is C20H33BrN2OSSi. The molecule has 0 spiro atoms. The predicted octanol–water partition coefficient (Wildman–Crippen LogP) is 6.88. The number of rotatable bonds is 5. The van der Waals surface area contributed by atoms with Crippen LogP contribution < -0.4 is 0 Å². The minimum absolute atomic E-state index is 0.0953. The number of hydrogen-bond donors (Lipinski definition) is 0. The van der Waals surface area contributed by atoms with Crippen LogP contribution in [-0.2, 0) is 4.43 Å². The van der Waals surface area contributed by atoms with Crippen molar-refractivity contribution in [1.29, 1.82) is 0 Å². The molecule has 0 aromatic carbocycles. The molecule has 1 aromatic heterocycles. The van der Waals surface area contributed by atoms with E-state index in [2.05, 4.69) is 81.6 Å². The number of aromatic nitrogens is 1. The highest BCUT2D eigenvalue weighted by Gasteiger charge is 2.43. The van der Waals surface area contributed by atoms with Gasteiger partial charge in [0.2, 0.25) is 0 Å². The van der Waals surface area contributed by atoms with Gasteiger partial charge in [-0.3, -0.25) is 0 Å². The van der Waals surface area contributed by atoms with Gasteiger partial charge in [0.25, 0.3) is 0 Å². The first kappa shape index (κ1) is 22.1. The molecule has 0 aliphatic heterocycles. The van der Waals surface area contributed by atoms with Crippen LogP contribution in [0.25, 0.3) is 0 Å². The predicted molar refractivity (Wildman–Crippen MR) is 121 cm³/mol. The smallest absolute Gasteiger partial charge is 0.192 e. The Hall–Kier alpha value is -0.173. The Kier molecular flexibility index (Phi) is 6.85. The molecule has 0 unspecified atom stereocenters. The van der Waals surface area contributed by atoms with Crippen LogP contribution in [0.3, 0.4) is 0 Å². The highest BCUT2D eigenvalue weighted by Crippen LogP contribution is 2.42. The molecule has 6 heteroatoms. The average molecular weight is 458 g/mol. The third-order valence-corrected chi connectivity index (χ3v) is 11.0. The Morgan fingerprint density at radius 2 is 1.81 bits per heavy atom. The Morgan fingerprint density at radius 1 is 1.19 bits per heavy atom. The van der Waals surface area contributed by atoms with E-state index >= 15 is 0 Å². The molecular weight excluding hydrogens is 424 g/mol. The first-order chi connectivity index (χ1) is 11.8. The molecule has 0 N–H and O–H groups in total. The fraction of sp³-hybridized carbons (Fsp3) is 0.700. The van der Waals surface area contributed by atoms with Crippen molar-refractivity contribution in [3.05, 3.63) is 28.5 Å². The van der Waals surface area contributed by atoms with Gasteiger partial charge in [0, 0.05) is 16.8 Å². The Balaban J connectivity index is 2.12. The van der Waals surface area contributed by atoms with E-state index in [0.717, 1.165) is 28.9 Å². The Morgan fingerprint density at radius 3 is 2.31 bits per heavy atom. The van der Waals surface area contributed by atoms with E-state index < -0.39 is 8.32 Å². The van der Waals surface area contributed by atoms with Crippen molar-refractivity contribution in [2.45, 2.75) is 83.4 Å². The summed E-state index contributed by atoms with van der Waals surface area (Å²) in [4.78, 5) is 4.66. The maximum absolute atomic E-state index is 6.57. The summed E-state index contributed by atoms with van der Waals surface area (Å²) >= 11 is 5.13. The second kappa shape index (κ2) is 8.06. The molecule has 0 bridgehead atoms. The molecule has 0 atom stereocenters. The molecule has 0 radical (unpaired) electrons. The van der Waals surface area contributed by atoms with Gasteiger partial charge in [-0.2, -0.15) is 0 Å². The number of hydrogen-bond acceptors (Lipinski definition) is 4. The molecule has 1 fully saturated rings. The Bertz CT molecular complexity index is 659. The lowest BCUT2D eigenvalue weighted by molar-refractivity contribution is 0.0800. The van der Waals surface area contributed by atoms with Crippen LogP contribution in [0.5, 0.6) is 0 Å². The molecule has 3 nitrogen and oxygen atoms in total. The second-order valence-electron chi connectivity index (χ2n) is 9.69. The number of nitrogens with zero attached hydrogens (tertiary/aromatic N) is 2. The van der Waals surface area contributed by atoms with E-state index in [1.54, 1.807) is 11.9 Å². The van der Waals surface area contributed by atoms with Gasteiger partial charge >= 0.3 is 0 Å². The summed E-state index contributed by atoms with van der Waals surface area (Å²) in [5, 5.41) is 0.253. The molecule has 0 saturated heterocycles. The van der Waals surface area contributed by atoms with Crippen molar-refractivity contribution in [2.75, 3.05) is 0 Å². The van der Waals surface area contributed by atoms with E-state index in [1.807, 2.05) is 12.1 Å². The second-order valence-corrected chi connectivity index (χ2v) is 16.9. The van der Waals surface area contributed by atoms with Gasteiger partial charge in [0.1, 0.15) is 4.60 Å². The van der Waals surface area contributed by atoms with Crippen LogP contribution in [0.4, 0.5) is 0 Å². The quantitative estimate of drug-likeness (QED) is 0.209. The van der Waals surface area contributed by atoms with Gasteiger partial charge in [-0.05, 0) is 91.8 Å². The standard InChI is InChI=1S/C20H33BrN2OSSi/c1-19(2,3)25-23-18(16-10-9-11-17(21)22-16)14-12-15(13-14)24-26(7,8)20(4,5)6/h9-11,14-15H,12-13H2,1-8H3/b23-18+. The molecule has 146 valence electrons. The van der Waals surface area contributed by atoms with Crippen LogP contribution >= 0.6 is 27.9 Å². The summed E-state index contributed by atoms with van der Waals surface area (Å²) in [5.41, 5.74) is 2.09. The van der Waals surface area contributed by atoms with Crippen molar-refractivity contribution < 1.29 is 4.43 Å². The Labute approximate surface area is 173 Å². The molecule has 2 rings (SSSR count). The van der Waals surface area contributed by atoms with E-state index in [9.17, 15) is 0 Å². The largest absolute Gasteiger partial charge is 0.414 e. The molecule has 1 saturated carbocycles. The minimum atomic E-state index is -1.71. The lowest BCUT2D eigenvalue weighted by atomic mass is 9.78. The summed E-state index contributed by atoms with van der Waals surface area (Å²) in [6.07, 6.45) is 2.45. The minimum Gasteiger partial charge on any atom is -0.414 e. The van der Waals surface area contributed by atoms with E-state index in [-0.39, 0.29) is 9.79 Å². The van der Waals surface area contributed by atoms with E-state index in [0.29, 0.717) is 12.0 Å². The average Bonchev–Trinajstić information content (AvgIpc) is 2.42. The topological polar surface area (TPSA) is 34.5 Å². The lowest BCUT2D eigenvalue weighted by Gasteiger charge is -2.45. The maximum atomic E-state index is 6.57. The van der Waals surface area contributed by atoms with Crippen LogP contribution in [0.1, 0.15) is 60.1 Å². The SMILES string of the molecule is CC(C)(C)S/N=C(/c1cccc(Br)n1)C1CC(O[Si](C)(C)C(C)(C)C)C1. The van der Waals surface area contributed by atoms with Gasteiger partial charge in [-0.1, -0.05) is 26.8 Å². The van der Waals surface area contributed by atoms with Crippen LogP contribution in [0.15, 0.2) is 27.2 Å².